The Bertz CT molecular complexity index is 1370. The summed E-state index contributed by atoms with van der Waals surface area (Å²) in [6, 6.07) is 18.1. The fourth-order valence-corrected chi connectivity index (χ4v) is 3.92. The summed E-state index contributed by atoms with van der Waals surface area (Å²) in [4.78, 5) is 4.03. The Kier molecular flexibility index (Phi) is 6.34. The number of nitrogens with one attached hydrogen (secondary N) is 1. The van der Waals surface area contributed by atoms with Crippen LogP contribution in [0.1, 0.15) is 39.2 Å². The van der Waals surface area contributed by atoms with Crippen molar-refractivity contribution in [2.24, 2.45) is 0 Å². The van der Waals surface area contributed by atoms with E-state index in [1.165, 1.54) is 16.7 Å². The molecule has 5 heteroatoms. The zero-order chi connectivity index (χ0) is 23.2. The highest BCUT2D eigenvalue weighted by molar-refractivity contribution is 5.76. The molecule has 0 atom stereocenters. The van der Waals surface area contributed by atoms with Gasteiger partial charge in [-0.2, -0.15) is 5.10 Å². The molecule has 0 fully saturated rings. The molecule has 0 spiro atoms. The predicted octanol–water partition coefficient (Wildman–Crippen LogP) is 6.30. The number of methoxy groups -OCH3 is 1. The van der Waals surface area contributed by atoms with Crippen LogP contribution < -0.4 is 9.47 Å². The second-order valence-corrected chi connectivity index (χ2v) is 7.98. The molecule has 34 heavy (non-hydrogen) atoms. The Labute approximate surface area is 199 Å². The summed E-state index contributed by atoms with van der Waals surface area (Å²) in [5.41, 5.74) is 7.73. The molecule has 1 aliphatic carbocycles. The number of aromatic nitrogens is 3. The van der Waals surface area contributed by atoms with E-state index in [1.807, 2.05) is 48.6 Å². The minimum absolute atomic E-state index is 0.479. The summed E-state index contributed by atoms with van der Waals surface area (Å²) < 4.78 is 11.5. The number of aromatic amines is 1. The van der Waals surface area contributed by atoms with Crippen molar-refractivity contribution in [3.05, 3.63) is 112 Å². The summed E-state index contributed by atoms with van der Waals surface area (Å²) in [5, 5.41) is 7.50. The Hall–Kier alpha value is -4.38. The predicted molar refractivity (Wildman–Crippen MR) is 137 cm³/mol. The molecule has 2 aromatic heterocycles. The van der Waals surface area contributed by atoms with E-state index < -0.39 is 0 Å². The van der Waals surface area contributed by atoms with E-state index in [4.69, 9.17) is 9.47 Å². The Morgan fingerprint density at radius 1 is 0.941 bits per heavy atom. The van der Waals surface area contributed by atoms with Crippen molar-refractivity contribution >= 4 is 30.4 Å². The van der Waals surface area contributed by atoms with E-state index in [0.29, 0.717) is 6.61 Å². The second-order valence-electron chi connectivity index (χ2n) is 7.98. The second kappa shape index (κ2) is 10.0. The monoisotopic (exact) mass is 447 g/mol. The fourth-order valence-electron chi connectivity index (χ4n) is 3.92. The minimum Gasteiger partial charge on any atom is -0.496 e. The van der Waals surface area contributed by atoms with E-state index in [0.717, 1.165) is 40.4 Å². The molecule has 0 saturated carbocycles. The summed E-state index contributed by atoms with van der Waals surface area (Å²) in [6.45, 7) is 0.479. The van der Waals surface area contributed by atoms with E-state index in [9.17, 15) is 0 Å². The number of pyridine rings is 1. The third kappa shape index (κ3) is 4.99. The summed E-state index contributed by atoms with van der Waals surface area (Å²) in [6.07, 6.45) is 17.0. The van der Waals surface area contributed by atoms with E-state index in [-0.39, 0.29) is 0 Å². The topological polar surface area (TPSA) is 60.0 Å². The van der Waals surface area contributed by atoms with Gasteiger partial charge in [0.25, 0.3) is 0 Å². The van der Waals surface area contributed by atoms with E-state index in [1.54, 1.807) is 19.5 Å². The normalized spacial score (nSPS) is 12.5. The number of benzene rings is 2. The van der Waals surface area contributed by atoms with Crippen LogP contribution in [0.2, 0.25) is 0 Å². The van der Waals surface area contributed by atoms with Gasteiger partial charge in [0.05, 0.1) is 18.5 Å². The van der Waals surface area contributed by atoms with Gasteiger partial charge < -0.3 is 9.47 Å². The average molecular weight is 448 g/mol. The van der Waals surface area contributed by atoms with Crippen molar-refractivity contribution in [1.82, 2.24) is 15.2 Å². The van der Waals surface area contributed by atoms with Gasteiger partial charge in [-0.25, -0.2) is 0 Å². The van der Waals surface area contributed by atoms with Gasteiger partial charge in [0.2, 0.25) is 0 Å². The maximum absolute atomic E-state index is 5.89. The fraction of sp³-hybridized carbons (Fsp3) is 0.103. The highest BCUT2D eigenvalue weighted by Crippen LogP contribution is 2.27. The van der Waals surface area contributed by atoms with Crippen LogP contribution >= 0.6 is 0 Å². The minimum atomic E-state index is 0.479. The molecule has 5 nitrogen and oxygen atoms in total. The van der Waals surface area contributed by atoms with Crippen molar-refractivity contribution in [2.45, 2.75) is 13.0 Å². The smallest absolute Gasteiger partial charge is 0.129 e. The number of nitrogens with zero attached hydrogens (tertiary/aromatic N) is 2. The third-order valence-corrected chi connectivity index (χ3v) is 5.72. The molecule has 0 radical (unpaired) electrons. The van der Waals surface area contributed by atoms with Crippen molar-refractivity contribution in [3.63, 3.8) is 0 Å². The van der Waals surface area contributed by atoms with Gasteiger partial charge in [0, 0.05) is 24.0 Å². The number of fused-ring (bicyclic) bond motifs is 1. The number of hydrogen-bond donors (Lipinski definition) is 1. The first-order valence-corrected chi connectivity index (χ1v) is 11.2. The Morgan fingerprint density at radius 3 is 2.71 bits per heavy atom. The van der Waals surface area contributed by atoms with Crippen molar-refractivity contribution in [1.29, 1.82) is 0 Å². The SMILES string of the molecule is COc1cc(OCc2ccncc2)ccc1/C=C/c1cc(/C=C/c2cccc3c2CC=C3)[nH]n1. The maximum Gasteiger partial charge on any atom is 0.129 e. The number of rotatable bonds is 8. The number of allylic oxidation sites excluding steroid dienone is 1. The summed E-state index contributed by atoms with van der Waals surface area (Å²) in [7, 11) is 1.66. The lowest BCUT2D eigenvalue weighted by atomic mass is 10.0. The molecule has 5 rings (SSSR count). The van der Waals surface area contributed by atoms with Crippen molar-refractivity contribution < 1.29 is 9.47 Å². The molecule has 0 saturated heterocycles. The average Bonchev–Trinajstić information content (AvgIpc) is 3.55. The first-order chi connectivity index (χ1) is 16.8. The maximum atomic E-state index is 5.89. The molecule has 0 unspecified atom stereocenters. The van der Waals surface area contributed by atoms with Crippen molar-refractivity contribution in [2.75, 3.05) is 7.11 Å². The summed E-state index contributed by atoms with van der Waals surface area (Å²) in [5.74, 6) is 1.49. The molecule has 0 bridgehead atoms. The lowest BCUT2D eigenvalue weighted by Gasteiger charge is -2.10. The lowest BCUT2D eigenvalue weighted by Crippen LogP contribution is -1.96. The van der Waals surface area contributed by atoms with Crippen LogP contribution in [0.25, 0.3) is 30.4 Å². The van der Waals surface area contributed by atoms with Crippen LogP contribution in [-0.2, 0) is 13.0 Å². The Morgan fingerprint density at radius 2 is 1.82 bits per heavy atom. The lowest BCUT2D eigenvalue weighted by molar-refractivity contribution is 0.303. The zero-order valence-corrected chi connectivity index (χ0v) is 18.9. The van der Waals surface area contributed by atoms with Gasteiger partial charge in [0.15, 0.2) is 0 Å². The van der Waals surface area contributed by atoms with Crippen LogP contribution in [-0.4, -0.2) is 22.3 Å². The van der Waals surface area contributed by atoms with E-state index >= 15 is 0 Å². The molecule has 2 aromatic carbocycles. The molecular formula is C29H25N3O2. The van der Waals surface area contributed by atoms with Crippen molar-refractivity contribution in [3.8, 4) is 11.5 Å². The number of H-pyrrole nitrogens is 1. The van der Waals surface area contributed by atoms with E-state index in [2.05, 4.69) is 57.7 Å². The molecule has 0 amide bonds. The summed E-state index contributed by atoms with van der Waals surface area (Å²) >= 11 is 0. The molecule has 4 aromatic rings. The van der Waals surface area contributed by atoms with Gasteiger partial charge >= 0.3 is 0 Å². The van der Waals surface area contributed by atoms with Gasteiger partial charge in [-0.15, -0.1) is 0 Å². The molecule has 168 valence electrons. The van der Waals surface area contributed by atoms with Gasteiger partial charge in [-0.3, -0.25) is 10.1 Å². The largest absolute Gasteiger partial charge is 0.496 e. The van der Waals surface area contributed by atoms with Crippen LogP contribution in [0, 0.1) is 0 Å². The number of hydrogen-bond acceptors (Lipinski definition) is 4. The molecule has 1 N–H and O–H groups in total. The standard InChI is InChI=1S/C29H25N3O2/c1-33-29-19-27(34-20-21-14-16-30-17-15-21)13-10-24(29)9-12-26-18-25(31-32-26)11-8-23-5-2-4-22-6-3-7-28(22)23/h2-6,8-19H,7,20H2,1H3,(H,31,32)/b11-8+,12-9+. The van der Waals surface area contributed by atoms with Crippen LogP contribution in [0.5, 0.6) is 11.5 Å². The zero-order valence-electron chi connectivity index (χ0n) is 18.9. The van der Waals surface area contributed by atoms with Gasteiger partial charge in [-0.1, -0.05) is 36.4 Å². The quantitative estimate of drug-likeness (QED) is 0.344. The number of ether oxygens (including phenoxy) is 2. The first-order valence-electron chi connectivity index (χ1n) is 11.2. The van der Waals surface area contributed by atoms with Crippen LogP contribution in [0.15, 0.2) is 73.1 Å². The highest BCUT2D eigenvalue weighted by Gasteiger charge is 2.08. The first kappa shape index (κ1) is 21.5. The van der Waals surface area contributed by atoms with Crippen LogP contribution in [0.4, 0.5) is 0 Å². The molecule has 0 aliphatic heterocycles. The van der Waals surface area contributed by atoms with Crippen LogP contribution in [0.3, 0.4) is 0 Å². The van der Waals surface area contributed by atoms with Gasteiger partial charge in [0.1, 0.15) is 18.1 Å². The molecular weight excluding hydrogens is 422 g/mol. The molecule has 2 heterocycles. The molecule has 1 aliphatic rings. The van der Waals surface area contributed by atoms with Gasteiger partial charge in [-0.05, 0) is 77.2 Å². The highest BCUT2D eigenvalue weighted by atomic mass is 16.5. The third-order valence-electron chi connectivity index (χ3n) is 5.72. The Balaban J connectivity index is 1.25.